The fourth-order valence-electron chi connectivity index (χ4n) is 3.64. The Morgan fingerprint density at radius 1 is 1.13 bits per heavy atom. The van der Waals surface area contributed by atoms with Crippen molar-refractivity contribution in [1.29, 1.82) is 0 Å². The largest absolute Gasteiger partial charge is 0.479 e. The standard InChI is InChI=1S/C18H22FNO3/c19-18(17(22)23)10-11-20(12-18)16(21)15-8-6-14(7-9-15)13-4-2-1-3-5-13/h6-9,13H,1-5,10-12H2,(H,22,23). The van der Waals surface area contributed by atoms with Crippen LogP contribution in [-0.4, -0.2) is 40.6 Å². The lowest BCUT2D eigenvalue weighted by Crippen LogP contribution is -2.38. The van der Waals surface area contributed by atoms with Crippen LogP contribution in [0.2, 0.25) is 0 Å². The van der Waals surface area contributed by atoms with Crippen molar-refractivity contribution in [3.63, 3.8) is 0 Å². The first kappa shape index (κ1) is 16.0. The molecule has 1 aliphatic heterocycles. The number of carbonyl (C=O) groups is 2. The van der Waals surface area contributed by atoms with Gasteiger partial charge in [0.1, 0.15) is 0 Å². The number of carboxylic acid groups (broad SMARTS) is 1. The summed E-state index contributed by atoms with van der Waals surface area (Å²) in [6.45, 7) is -0.225. The highest BCUT2D eigenvalue weighted by atomic mass is 19.1. The molecule has 5 heteroatoms. The second-order valence-electron chi connectivity index (χ2n) is 6.70. The number of halogens is 1. The van der Waals surface area contributed by atoms with Gasteiger partial charge in [0.2, 0.25) is 5.67 Å². The van der Waals surface area contributed by atoms with Gasteiger partial charge in [0.25, 0.3) is 5.91 Å². The maximum Gasteiger partial charge on any atom is 0.343 e. The highest BCUT2D eigenvalue weighted by molar-refractivity contribution is 5.95. The van der Waals surface area contributed by atoms with Gasteiger partial charge in [0.15, 0.2) is 0 Å². The zero-order valence-electron chi connectivity index (χ0n) is 13.1. The van der Waals surface area contributed by atoms with Gasteiger partial charge in [-0.15, -0.1) is 0 Å². The zero-order valence-corrected chi connectivity index (χ0v) is 13.1. The van der Waals surface area contributed by atoms with E-state index in [1.165, 1.54) is 42.6 Å². The maximum absolute atomic E-state index is 14.1. The first-order valence-corrected chi connectivity index (χ1v) is 8.31. The monoisotopic (exact) mass is 319 g/mol. The molecule has 0 aromatic heterocycles. The van der Waals surface area contributed by atoms with E-state index in [1.54, 1.807) is 12.1 Å². The van der Waals surface area contributed by atoms with E-state index in [-0.39, 0.29) is 25.4 Å². The number of aliphatic carboxylic acids is 1. The Bertz CT molecular complexity index is 595. The number of rotatable bonds is 3. The van der Waals surface area contributed by atoms with Crippen molar-refractivity contribution in [2.45, 2.75) is 50.1 Å². The minimum absolute atomic E-state index is 0.145. The molecule has 1 saturated carbocycles. The zero-order chi connectivity index (χ0) is 16.4. The first-order chi connectivity index (χ1) is 11.0. The topological polar surface area (TPSA) is 57.6 Å². The van der Waals surface area contributed by atoms with Gasteiger partial charge in [-0.2, -0.15) is 0 Å². The summed E-state index contributed by atoms with van der Waals surface area (Å²) in [6, 6.07) is 7.54. The van der Waals surface area contributed by atoms with Gasteiger partial charge < -0.3 is 10.0 Å². The molecule has 1 aromatic carbocycles. The number of benzene rings is 1. The number of hydrogen-bond donors (Lipinski definition) is 1. The minimum atomic E-state index is -2.31. The summed E-state index contributed by atoms with van der Waals surface area (Å²) in [7, 11) is 0. The Balaban J connectivity index is 1.67. The van der Waals surface area contributed by atoms with Gasteiger partial charge in [-0.3, -0.25) is 4.79 Å². The number of carboxylic acids is 1. The van der Waals surface area contributed by atoms with E-state index >= 15 is 0 Å². The van der Waals surface area contributed by atoms with Crippen molar-refractivity contribution in [3.8, 4) is 0 Å². The van der Waals surface area contributed by atoms with Crippen LogP contribution in [0, 0.1) is 0 Å². The predicted molar refractivity (Wildman–Crippen MR) is 84.3 cm³/mol. The van der Waals surface area contributed by atoms with Crippen LogP contribution in [0.5, 0.6) is 0 Å². The second-order valence-corrected chi connectivity index (χ2v) is 6.70. The molecule has 1 atom stereocenters. The maximum atomic E-state index is 14.1. The molecule has 1 amide bonds. The average Bonchev–Trinajstić information content (AvgIpc) is 2.99. The molecule has 23 heavy (non-hydrogen) atoms. The number of carbonyl (C=O) groups excluding carboxylic acids is 1. The van der Waals surface area contributed by atoms with Gasteiger partial charge >= 0.3 is 5.97 Å². The van der Waals surface area contributed by atoms with Crippen molar-refractivity contribution < 1.29 is 19.1 Å². The molecule has 2 aliphatic rings. The lowest BCUT2D eigenvalue weighted by atomic mass is 9.84. The summed E-state index contributed by atoms with van der Waals surface area (Å²) in [5.41, 5.74) is -0.551. The van der Waals surface area contributed by atoms with E-state index in [4.69, 9.17) is 5.11 Å². The molecule has 0 bridgehead atoms. The molecular weight excluding hydrogens is 297 g/mol. The normalized spacial score (nSPS) is 25.5. The van der Waals surface area contributed by atoms with Crippen LogP contribution in [0.4, 0.5) is 4.39 Å². The summed E-state index contributed by atoms with van der Waals surface area (Å²) in [6.07, 6.45) is 6.06. The Kier molecular flexibility index (Phi) is 4.37. The molecule has 0 spiro atoms. The summed E-state index contributed by atoms with van der Waals surface area (Å²) >= 11 is 0. The van der Waals surface area contributed by atoms with Crippen LogP contribution in [0.25, 0.3) is 0 Å². The van der Waals surface area contributed by atoms with E-state index < -0.39 is 11.6 Å². The van der Waals surface area contributed by atoms with Crippen LogP contribution in [0.15, 0.2) is 24.3 Å². The Morgan fingerprint density at radius 2 is 1.78 bits per heavy atom. The highest BCUT2D eigenvalue weighted by Gasteiger charge is 2.46. The van der Waals surface area contributed by atoms with Crippen LogP contribution < -0.4 is 0 Å². The van der Waals surface area contributed by atoms with Gasteiger partial charge in [-0.25, -0.2) is 9.18 Å². The lowest BCUT2D eigenvalue weighted by molar-refractivity contribution is -0.149. The molecule has 124 valence electrons. The average molecular weight is 319 g/mol. The molecule has 1 N–H and O–H groups in total. The highest BCUT2D eigenvalue weighted by Crippen LogP contribution is 2.33. The first-order valence-electron chi connectivity index (χ1n) is 8.31. The summed E-state index contributed by atoms with van der Waals surface area (Å²) in [4.78, 5) is 24.6. The van der Waals surface area contributed by atoms with Gasteiger partial charge in [0, 0.05) is 18.5 Å². The van der Waals surface area contributed by atoms with E-state index in [9.17, 15) is 14.0 Å². The van der Waals surface area contributed by atoms with Crippen molar-refractivity contribution in [2.24, 2.45) is 0 Å². The van der Waals surface area contributed by atoms with Crippen LogP contribution in [0.3, 0.4) is 0 Å². The van der Waals surface area contributed by atoms with Gasteiger partial charge in [-0.05, 0) is 36.5 Å². The summed E-state index contributed by atoms with van der Waals surface area (Å²) in [5, 5.41) is 8.91. The van der Waals surface area contributed by atoms with Crippen molar-refractivity contribution in [2.75, 3.05) is 13.1 Å². The Morgan fingerprint density at radius 3 is 2.35 bits per heavy atom. The van der Waals surface area contributed by atoms with Crippen LogP contribution in [-0.2, 0) is 4.79 Å². The molecule has 1 saturated heterocycles. The smallest absolute Gasteiger partial charge is 0.343 e. The third kappa shape index (κ3) is 3.23. The lowest BCUT2D eigenvalue weighted by Gasteiger charge is -2.22. The van der Waals surface area contributed by atoms with Crippen LogP contribution >= 0.6 is 0 Å². The van der Waals surface area contributed by atoms with E-state index in [2.05, 4.69) is 0 Å². The summed E-state index contributed by atoms with van der Waals surface area (Å²) in [5.74, 6) is -1.20. The summed E-state index contributed by atoms with van der Waals surface area (Å²) < 4.78 is 14.1. The van der Waals surface area contributed by atoms with Crippen LogP contribution in [0.1, 0.15) is 60.4 Å². The predicted octanol–water partition coefficient (Wildman–Crippen LogP) is 3.37. The molecule has 2 fully saturated rings. The van der Waals surface area contributed by atoms with E-state index in [1.807, 2.05) is 12.1 Å². The van der Waals surface area contributed by atoms with Crippen molar-refractivity contribution >= 4 is 11.9 Å². The molecule has 1 aliphatic carbocycles. The second kappa shape index (κ2) is 6.30. The van der Waals surface area contributed by atoms with Gasteiger partial charge in [-0.1, -0.05) is 31.4 Å². The van der Waals surface area contributed by atoms with E-state index in [0.717, 1.165) is 0 Å². The van der Waals surface area contributed by atoms with Gasteiger partial charge in [0.05, 0.1) is 6.54 Å². The Labute approximate surface area is 135 Å². The molecular formula is C18H22FNO3. The van der Waals surface area contributed by atoms with Crippen molar-refractivity contribution in [3.05, 3.63) is 35.4 Å². The number of likely N-dealkylation sites (tertiary alicyclic amines) is 1. The quantitative estimate of drug-likeness (QED) is 0.929. The third-order valence-corrected chi connectivity index (χ3v) is 5.12. The van der Waals surface area contributed by atoms with E-state index in [0.29, 0.717) is 11.5 Å². The number of amides is 1. The molecule has 3 rings (SSSR count). The SMILES string of the molecule is O=C(c1ccc(C2CCCCC2)cc1)N1CCC(F)(C(=O)O)C1. The minimum Gasteiger partial charge on any atom is -0.479 e. The fourth-order valence-corrected chi connectivity index (χ4v) is 3.64. The fraction of sp³-hybridized carbons (Fsp3) is 0.556. The number of hydrogen-bond acceptors (Lipinski definition) is 2. The number of nitrogens with zero attached hydrogens (tertiary/aromatic N) is 1. The molecule has 4 nitrogen and oxygen atoms in total. The molecule has 1 heterocycles. The molecule has 0 radical (unpaired) electrons. The number of alkyl halides is 1. The Hall–Kier alpha value is -1.91. The third-order valence-electron chi connectivity index (χ3n) is 5.12. The molecule has 1 aromatic rings. The van der Waals surface area contributed by atoms with Crippen molar-refractivity contribution in [1.82, 2.24) is 4.90 Å². The molecule has 1 unspecified atom stereocenters.